The SMILES string of the molecule is NC(=O)C(CCCCl)c1ccc(F)cc1CF. The van der Waals surface area contributed by atoms with E-state index in [9.17, 15) is 13.6 Å². The normalized spacial score (nSPS) is 12.4. The third-order valence-corrected chi connectivity index (χ3v) is 2.86. The van der Waals surface area contributed by atoms with E-state index >= 15 is 0 Å². The van der Waals surface area contributed by atoms with Crippen molar-refractivity contribution in [3.05, 3.63) is 35.1 Å². The van der Waals surface area contributed by atoms with Gasteiger partial charge in [0.15, 0.2) is 0 Å². The fourth-order valence-electron chi connectivity index (χ4n) is 1.76. The second kappa shape index (κ2) is 6.55. The van der Waals surface area contributed by atoms with Crippen molar-refractivity contribution in [3.8, 4) is 0 Å². The Morgan fingerprint density at radius 2 is 2.18 bits per heavy atom. The highest BCUT2D eigenvalue weighted by molar-refractivity contribution is 6.17. The van der Waals surface area contributed by atoms with Crippen LogP contribution in [0.3, 0.4) is 0 Å². The molecule has 0 spiro atoms. The second-order valence-electron chi connectivity index (χ2n) is 3.76. The van der Waals surface area contributed by atoms with E-state index in [2.05, 4.69) is 0 Å². The lowest BCUT2D eigenvalue weighted by Gasteiger charge is -2.16. The Labute approximate surface area is 104 Å². The first-order valence-electron chi connectivity index (χ1n) is 5.29. The molecular formula is C12H14ClF2NO. The van der Waals surface area contributed by atoms with E-state index < -0.39 is 24.3 Å². The van der Waals surface area contributed by atoms with Gasteiger partial charge in [-0.15, -0.1) is 11.6 Å². The van der Waals surface area contributed by atoms with E-state index in [0.717, 1.165) is 6.07 Å². The Balaban J connectivity index is 3.04. The Hall–Kier alpha value is -1.16. The number of carbonyl (C=O) groups is 1. The number of hydrogen-bond donors (Lipinski definition) is 1. The minimum absolute atomic E-state index is 0.170. The molecule has 17 heavy (non-hydrogen) atoms. The summed E-state index contributed by atoms with van der Waals surface area (Å²) in [6.45, 7) is -0.822. The smallest absolute Gasteiger partial charge is 0.224 e. The first-order valence-corrected chi connectivity index (χ1v) is 5.83. The highest BCUT2D eigenvalue weighted by Gasteiger charge is 2.20. The zero-order valence-corrected chi connectivity index (χ0v) is 10.0. The largest absolute Gasteiger partial charge is 0.369 e. The van der Waals surface area contributed by atoms with Gasteiger partial charge in [-0.1, -0.05) is 6.07 Å². The van der Waals surface area contributed by atoms with Crippen molar-refractivity contribution in [1.82, 2.24) is 0 Å². The van der Waals surface area contributed by atoms with Gasteiger partial charge in [-0.05, 0) is 36.1 Å². The summed E-state index contributed by atoms with van der Waals surface area (Å²) in [5.41, 5.74) is 5.89. The van der Waals surface area contributed by atoms with Gasteiger partial charge in [-0.3, -0.25) is 4.79 Å². The molecular weight excluding hydrogens is 248 g/mol. The first kappa shape index (κ1) is 13.9. The zero-order chi connectivity index (χ0) is 12.8. The average molecular weight is 262 g/mol. The minimum atomic E-state index is -0.822. The Kier molecular flexibility index (Phi) is 5.35. The van der Waals surface area contributed by atoms with Crippen LogP contribution in [0.1, 0.15) is 29.9 Å². The van der Waals surface area contributed by atoms with Crippen LogP contribution in [-0.2, 0) is 11.5 Å². The number of amides is 1. The molecule has 0 radical (unpaired) electrons. The van der Waals surface area contributed by atoms with Crippen molar-refractivity contribution in [2.24, 2.45) is 5.73 Å². The van der Waals surface area contributed by atoms with Gasteiger partial charge in [0.2, 0.25) is 5.91 Å². The maximum atomic E-state index is 12.9. The molecule has 1 amide bonds. The van der Waals surface area contributed by atoms with Crippen molar-refractivity contribution in [3.63, 3.8) is 0 Å². The van der Waals surface area contributed by atoms with Crippen molar-refractivity contribution in [2.75, 3.05) is 5.88 Å². The summed E-state index contributed by atoms with van der Waals surface area (Å²) in [6.07, 6.45) is 1.04. The van der Waals surface area contributed by atoms with Gasteiger partial charge in [-0.2, -0.15) is 0 Å². The van der Waals surface area contributed by atoms with E-state index in [0.29, 0.717) is 24.3 Å². The van der Waals surface area contributed by atoms with Crippen LogP contribution in [0.5, 0.6) is 0 Å². The number of halogens is 3. The molecule has 0 aliphatic carbocycles. The molecule has 0 bridgehead atoms. The predicted molar refractivity (Wildman–Crippen MR) is 63.1 cm³/mol. The van der Waals surface area contributed by atoms with E-state index in [1.54, 1.807) is 0 Å². The van der Waals surface area contributed by atoms with Crippen molar-refractivity contribution in [2.45, 2.75) is 25.4 Å². The summed E-state index contributed by atoms with van der Waals surface area (Å²) < 4.78 is 25.7. The quantitative estimate of drug-likeness (QED) is 0.786. The number of rotatable bonds is 6. The monoisotopic (exact) mass is 261 g/mol. The molecule has 0 aliphatic rings. The Bertz CT molecular complexity index is 398. The van der Waals surface area contributed by atoms with Crippen LogP contribution in [0.2, 0.25) is 0 Å². The van der Waals surface area contributed by atoms with E-state index in [1.165, 1.54) is 12.1 Å². The molecule has 94 valence electrons. The van der Waals surface area contributed by atoms with Crippen molar-refractivity contribution in [1.29, 1.82) is 0 Å². The molecule has 0 fully saturated rings. The van der Waals surface area contributed by atoms with Crippen LogP contribution < -0.4 is 5.73 Å². The van der Waals surface area contributed by atoms with Gasteiger partial charge in [0.25, 0.3) is 0 Å². The topological polar surface area (TPSA) is 43.1 Å². The van der Waals surface area contributed by atoms with Crippen molar-refractivity contribution >= 4 is 17.5 Å². The molecule has 2 N–H and O–H groups in total. The molecule has 1 aromatic rings. The number of alkyl halides is 2. The lowest BCUT2D eigenvalue weighted by Crippen LogP contribution is -2.22. The molecule has 1 aromatic carbocycles. The molecule has 0 aliphatic heterocycles. The van der Waals surface area contributed by atoms with Crippen LogP contribution in [0.4, 0.5) is 8.78 Å². The van der Waals surface area contributed by atoms with Crippen LogP contribution >= 0.6 is 11.6 Å². The first-order chi connectivity index (χ1) is 8.10. The van der Waals surface area contributed by atoms with E-state index in [-0.39, 0.29) is 5.56 Å². The van der Waals surface area contributed by atoms with Crippen LogP contribution in [0.25, 0.3) is 0 Å². The molecule has 0 saturated heterocycles. The Morgan fingerprint density at radius 3 is 2.71 bits per heavy atom. The number of nitrogens with two attached hydrogens (primary N) is 1. The highest BCUT2D eigenvalue weighted by atomic mass is 35.5. The standard InChI is InChI=1S/C12H14ClF2NO/c13-5-1-2-11(12(16)17)10-4-3-9(15)6-8(10)7-14/h3-4,6,11H,1-2,5,7H2,(H2,16,17). The Morgan fingerprint density at radius 1 is 1.47 bits per heavy atom. The molecule has 5 heteroatoms. The van der Waals surface area contributed by atoms with Crippen LogP contribution in [0, 0.1) is 5.82 Å². The summed E-state index contributed by atoms with van der Waals surface area (Å²) >= 11 is 5.55. The van der Waals surface area contributed by atoms with Gasteiger partial charge in [0, 0.05) is 5.88 Å². The third kappa shape index (κ3) is 3.66. The molecule has 1 atom stereocenters. The summed E-state index contributed by atoms with van der Waals surface area (Å²) in [6, 6.07) is 3.70. The highest BCUT2D eigenvalue weighted by Crippen LogP contribution is 2.26. The molecule has 2 nitrogen and oxygen atoms in total. The number of carbonyl (C=O) groups excluding carboxylic acids is 1. The van der Waals surface area contributed by atoms with Gasteiger partial charge >= 0.3 is 0 Å². The maximum Gasteiger partial charge on any atom is 0.224 e. The fraction of sp³-hybridized carbons (Fsp3) is 0.417. The summed E-state index contributed by atoms with van der Waals surface area (Å²) in [7, 11) is 0. The molecule has 0 aromatic heterocycles. The van der Waals surface area contributed by atoms with Crippen molar-refractivity contribution < 1.29 is 13.6 Å². The summed E-state index contributed by atoms with van der Waals surface area (Å²) in [5.74, 6) is -1.28. The fourth-order valence-corrected chi connectivity index (χ4v) is 1.92. The number of hydrogen-bond acceptors (Lipinski definition) is 1. The van der Waals surface area contributed by atoms with Crippen LogP contribution in [0.15, 0.2) is 18.2 Å². The maximum absolute atomic E-state index is 12.9. The van der Waals surface area contributed by atoms with Gasteiger partial charge in [0.05, 0.1) is 5.92 Å². The third-order valence-electron chi connectivity index (χ3n) is 2.59. The van der Waals surface area contributed by atoms with Gasteiger partial charge < -0.3 is 5.73 Å². The average Bonchev–Trinajstić information content (AvgIpc) is 2.30. The molecule has 1 rings (SSSR count). The van der Waals surface area contributed by atoms with Crippen LogP contribution in [-0.4, -0.2) is 11.8 Å². The lowest BCUT2D eigenvalue weighted by molar-refractivity contribution is -0.119. The summed E-state index contributed by atoms with van der Waals surface area (Å²) in [5, 5.41) is 0. The van der Waals surface area contributed by atoms with E-state index in [4.69, 9.17) is 17.3 Å². The molecule has 0 heterocycles. The van der Waals surface area contributed by atoms with Gasteiger partial charge in [-0.25, -0.2) is 8.78 Å². The molecule has 1 unspecified atom stereocenters. The predicted octanol–water partition coefficient (Wildman–Crippen LogP) is 2.88. The number of benzene rings is 1. The number of primary amides is 1. The summed E-state index contributed by atoms with van der Waals surface area (Å²) in [4.78, 5) is 11.3. The van der Waals surface area contributed by atoms with Gasteiger partial charge in [0.1, 0.15) is 12.5 Å². The minimum Gasteiger partial charge on any atom is -0.369 e. The molecule has 0 saturated carbocycles. The lowest BCUT2D eigenvalue weighted by atomic mass is 9.90. The van der Waals surface area contributed by atoms with E-state index in [1.807, 2.05) is 0 Å². The second-order valence-corrected chi connectivity index (χ2v) is 4.14. The zero-order valence-electron chi connectivity index (χ0n) is 9.26.